The summed E-state index contributed by atoms with van der Waals surface area (Å²) in [5, 5.41) is 19.0. The van der Waals surface area contributed by atoms with Gasteiger partial charge in [-0.05, 0) is 38.1 Å². The molecule has 0 saturated carbocycles. The third kappa shape index (κ3) is 4.17. The Morgan fingerprint density at radius 3 is 2.57 bits per heavy atom. The van der Waals surface area contributed by atoms with E-state index in [1.165, 1.54) is 22.6 Å². The van der Waals surface area contributed by atoms with Crippen LogP contribution in [0.25, 0.3) is 11.5 Å². The maximum atomic E-state index is 10.8. The van der Waals surface area contributed by atoms with Gasteiger partial charge >= 0.3 is 0 Å². The molecule has 1 N–H and O–H groups in total. The summed E-state index contributed by atoms with van der Waals surface area (Å²) >= 11 is 0. The number of nitrogens with one attached hydrogen (secondary N) is 1. The number of aromatic nitrogens is 2. The molecule has 1 heterocycles. The number of benzene rings is 2. The first-order valence-electron chi connectivity index (χ1n) is 8.93. The van der Waals surface area contributed by atoms with Crippen LogP contribution < -0.4 is 9.64 Å². The highest BCUT2D eigenvalue weighted by atomic mass is 16.6. The summed E-state index contributed by atoms with van der Waals surface area (Å²) < 4.78 is 11.3. The molecule has 0 spiro atoms. The molecule has 1 aromatic heterocycles. The molecule has 2 atom stereocenters. The second-order valence-electron chi connectivity index (χ2n) is 6.81. The third-order valence-electron chi connectivity index (χ3n) is 4.78. The van der Waals surface area contributed by atoms with Crippen LogP contribution in [-0.2, 0) is 6.54 Å². The van der Waals surface area contributed by atoms with Crippen LogP contribution in [0.2, 0.25) is 0 Å². The zero-order valence-electron chi connectivity index (χ0n) is 16.3. The van der Waals surface area contributed by atoms with Gasteiger partial charge in [-0.3, -0.25) is 10.1 Å². The van der Waals surface area contributed by atoms with Crippen molar-refractivity contribution >= 4 is 5.69 Å². The Morgan fingerprint density at radius 1 is 1.21 bits per heavy atom. The first kappa shape index (κ1) is 19.5. The molecular weight excluding hydrogens is 360 g/mol. The van der Waals surface area contributed by atoms with Gasteiger partial charge in [0.2, 0.25) is 5.89 Å². The predicted molar refractivity (Wildman–Crippen MR) is 103 cm³/mol. The van der Waals surface area contributed by atoms with Gasteiger partial charge in [0.05, 0.1) is 19.1 Å². The Labute approximate surface area is 162 Å². The molecular formula is C20H23N4O4+. The number of quaternary nitrogens is 1. The summed E-state index contributed by atoms with van der Waals surface area (Å²) in [6, 6.07) is 12.1. The van der Waals surface area contributed by atoms with Crippen LogP contribution in [-0.4, -0.2) is 29.3 Å². The molecule has 0 radical (unpaired) electrons. The van der Waals surface area contributed by atoms with Gasteiger partial charge < -0.3 is 14.1 Å². The van der Waals surface area contributed by atoms with Crippen LogP contribution >= 0.6 is 0 Å². The van der Waals surface area contributed by atoms with Crippen molar-refractivity contribution in [2.75, 3.05) is 14.2 Å². The molecule has 8 nitrogen and oxygen atoms in total. The summed E-state index contributed by atoms with van der Waals surface area (Å²) in [5.74, 6) is 1.71. The largest absolute Gasteiger partial charge is 0.496 e. The molecule has 0 bridgehead atoms. The number of ether oxygens (including phenoxy) is 1. The van der Waals surface area contributed by atoms with Gasteiger partial charge in [-0.1, -0.05) is 11.6 Å². The zero-order valence-corrected chi connectivity index (χ0v) is 16.3. The van der Waals surface area contributed by atoms with Gasteiger partial charge in [-0.15, -0.1) is 10.2 Å². The van der Waals surface area contributed by atoms with Gasteiger partial charge in [-0.2, -0.15) is 0 Å². The predicted octanol–water partition coefficient (Wildman–Crippen LogP) is 2.74. The lowest BCUT2D eigenvalue weighted by molar-refractivity contribution is -0.925. The van der Waals surface area contributed by atoms with Gasteiger partial charge in [0.1, 0.15) is 12.3 Å². The number of aryl methyl sites for hydroxylation is 1. The lowest BCUT2D eigenvalue weighted by Gasteiger charge is -2.20. The van der Waals surface area contributed by atoms with E-state index in [2.05, 4.69) is 30.2 Å². The average Bonchev–Trinajstić information content (AvgIpc) is 3.17. The molecule has 2 aromatic carbocycles. The maximum Gasteiger partial charge on any atom is 0.274 e. The van der Waals surface area contributed by atoms with E-state index in [4.69, 9.17) is 9.15 Å². The molecule has 0 aliphatic heterocycles. The van der Waals surface area contributed by atoms with Crippen molar-refractivity contribution < 1.29 is 19.0 Å². The summed E-state index contributed by atoms with van der Waals surface area (Å²) in [6.07, 6.45) is 0. The molecule has 3 rings (SSSR count). The number of nitro benzene ring substituents is 1. The highest BCUT2D eigenvalue weighted by Gasteiger charge is 2.24. The number of methoxy groups -OCH3 is 1. The minimum atomic E-state index is -0.441. The van der Waals surface area contributed by atoms with E-state index >= 15 is 0 Å². The number of hydrogen-bond donors (Lipinski definition) is 1. The topological polar surface area (TPSA) is 95.7 Å². The van der Waals surface area contributed by atoms with Crippen molar-refractivity contribution in [3.05, 3.63) is 69.6 Å². The van der Waals surface area contributed by atoms with E-state index in [-0.39, 0.29) is 11.7 Å². The second kappa shape index (κ2) is 8.18. The van der Waals surface area contributed by atoms with E-state index in [9.17, 15) is 10.1 Å². The Balaban J connectivity index is 1.75. The lowest BCUT2D eigenvalue weighted by Crippen LogP contribution is -3.07. The number of nitrogens with zero attached hydrogens (tertiary/aromatic N) is 3. The van der Waals surface area contributed by atoms with Crippen molar-refractivity contribution in [1.29, 1.82) is 0 Å². The monoisotopic (exact) mass is 383 g/mol. The van der Waals surface area contributed by atoms with Crippen molar-refractivity contribution in [2.24, 2.45) is 0 Å². The SMILES string of the molecule is COc1ccc(C)cc1C[NH+](C)[C@H](C)c1nnc(-c2ccc([N+](=O)[O-])cc2)o1. The fourth-order valence-electron chi connectivity index (χ4n) is 2.96. The molecule has 146 valence electrons. The van der Waals surface area contributed by atoms with Gasteiger partial charge in [0.15, 0.2) is 6.04 Å². The highest BCUT2D eigenvalue weighted by Crippen LogP contribution is 2.23. The summed E-state index contributed by atoms with van der Waals surface area (Å²) in [7, 11) is 3.73. The molecule has 1 unspecified atom stereocenters. The van der Waals surface area contributed by atoms with Crippen LogP contribution in [0.5, 0.6) is 5.75 Å². The van der Waals surface area contributed by atoms with Gasteiger partial charge in [-0.25, -0.2) is 0 Å². The van der Waals surface area contributed by atoms with E-state index in [0.29, 0.717) is 17.3 Å². The van der Waals surface area contributed by atoms with Crippen molar-refractivity contribution in [1.82, 2.24) is 10.2 Å². The van der Waals surface area contributed by atoms with Crippen LogP contribution in [0, 0.1) is 17.0 Å². The Kier molecular flexibility index (Phi) is 5.70. The summed E-state index contributed by atoms with van der Waals surface area (Å²) in [6.45, 7) is 4.81. The highest BCUT2D eigenvalue weighted by molar-refractivity contribution is 5.55. The fourth-order valence-corrected chi connectivity index (χ4v) is 2.96. The second-order valence-corrected chi connectivity index (χ2v) is 6.81. The molecule has 0 aliphatic rings. The first-order chi connectivity index (χ1) is 13.4. The molecule has 0 saturated heterocycles. The Morgan fingerprint density at radius 2 is 1.93 bits per heavy atom. The normalized spacial score (nSPS) is 13.1. The van der Waals surface area contributed by atoms with Crippen LogP contribution in [0.1, 0.15) is 30.0 Å². The Hall–Kier alpha value is -3.26. The molecule has 28 heavy (non-hydrogen) atoms. The van der Waals surface area contributed by atoms with E-state index in [1.54, 1.807) is 19.2 Å². The molecule has 8 heteroatoms. The third-order valence-corrected chi connectivity index (χ3v) is 4.78. The van der Waals surface area contributed by atoms with Crippen LogP contribution in [0.4, 0.5) is 5.69 Å². The number of hydrogen-bond acceptors (Lipinski definition) is 6. The van der Waals surface area contributed by atoms with E-state index < -0.39 is 4.92 Å². The summed E-state index contributed by atoms with van der Waals surface area (Å²) in [4.78, 5) is 11.5. The van der Waals surface area contributed by atoms with Gasteiger partial charge in [0, 0.05) is 23.3 Å². The summed E-state index contributed by atoms with van der Waals surface area (Å²) in [5.41, 5.74) is 2.96. The standard InChI is InChI=1S/C20H22N4O4/c1-13-5-10-18(27-4)16(11-13)12-23(3)14(2)19-21-22-20(28-19)15-6-8-17(9-7-15)24(25)26/h5-11,14H,12H2,1-4H3/p+1/t14-/m1/s1. The molecule has 0 amide bonds. The smallest absolute Gasteiger partial charge is 0.274 e. The lowest BCUT2D eigenvalue weighted by atomic mass is 10.1. The van der Waals surface area contributed by atoms with Crippen molar-refractivity contribution in [2.45, 2.75) is 26.4 Å². The molecule has 0 fully saturated rings. The van der Waals surface area contributed by atoms with Crippen molar-refractivity contribution in [3.8, 4) is 17.2 Å². The average molecular weight is 383 g/mol. The first-order valence-corrected chi connectivity index (χ1v) is 8.93. The van der Waals surface area contributed by atoms with Crippen LogP contribution in [0.15, 0.2) is 46.9 Å². The quantitative estimate of drug-likeness (QED) is 0.498. The van der Waals surface area contributed by atoms with Crippen molar-refractivity contribution in [3.63, 3.8) is 0 Å². The van der Waals surface area contributed by atoms with Crippen LogP contribution in [0.3, 0.4) is 0 Å². The molecule has 3 aromatic rings. The number of nitro groups is 1. The fraction of sp³-hybridized carbons (Fsp3) is 0.300. The minimum absolute atomic E-state index is 0.0214. The zero-order chi connectivity index (χ0) is 20.3. The van der Waals surface area contributed by atoms with Gasteiger partial charge in [0.25, 0.3) is 11.6 Å². The maximum absolute atomic E-state index is 10.8. The molecule has 0 aliphatic carbocycles. The van der Waals surface area contributed by atoms with E-state index in [0.717, 1.165) is 17.9 Å². The number of rotatable bonds is 7. The number of non-ortho nitro benzene ring substituents is 1. The van der Waals surface area contributed by atoms with E-state index in [1.807, 2.05) is 19.1 Å². The Bertz CT molecular complexity index is 969. The minimum Gasteiger partial charge on any atom is -0.496 e.